The lowest BCUT2D eigenvalue weighted by Crippen LogP contribution is -2.55. The molecule has 0 amide bonds. The zero-order chi connectivity index (χ0) is 21.8. The van der Waals surface area contributed by atoms with Crippen LogP contribution in [-0.4, -0.2) is 43.9 Å². The molecule has 2 aliphatic rings. The molecular formula is C23H25FN4O3. The Morgan fingerprint density at radius 2 is 2.16 bits per heavy atom. The molecule has 2 aliphatic heterocycles. The van der Waals surface area contributed by atoms with Gasteiger partial charge in [-0.2, -0.15) is 5.26 Å². The first-order valence-corrected chi connectivity index (χ1v) is 10.3. The van der Waals surface area contributed by atoms with Gasteiger partial charge in [0.15, 0.2) is 11.6 Å². The summed E-state index contributed by atoms with van der Waals surface area (Å²) in [5.41, 5.74) is 1.80. The smallest absolute Gasteiger partial charge is 0.165 e. The lowest BCUT2D eigenvalue weighted by atomic mass is 9.84. The third-order valence-corrected chi connectivity index (χ3v) is 5.73. The minimum absolute atomic E-state index is 0.185. The number of nitrogens with zero attached hydrogens (tertiary/aromatic N) is 1. The predicted octanol–water partition coefficient (Wildman–Crippen LogP) is 3.63. The van der Waals surface area contributed by atoms with Crippen molar-refractivity contribution in [3.63, 3.8) is 0 Å². The SMILES string of the molecule is N#CC1(COc2cc(-c3ccc(O)c(F)c3)cc(NC3CCCCO3)c2C=N)CNC1. The van der Waals surface area contributed by atoms with Crippen LogP contribution in [0.4, 0.5) is 10.1 Å². The van der Waals surface area contributed by atoms with Crippen LogP contribution in [0.25, 0.3) is 11.1 Å². The summed E-state index contributed by atoms with van der Waals surface area (Å²) in [6.07, 6.45) is 3.92. The minimum Gasteiger partial charge on any atom is -0.505 e. The van der Waals surface area contributed by atoms with Crippen molar-refractivity contribution >= 4 is 11.9 Å². The van der Waals surface area contributed by atoms with Crippen molar-refractivity contribution in [2.24, 2.45) is 5.41 Å². The van der Waals surface area contributed by atoms with E-state index in [1.807, 2.05) is 6.07 Å². The first-order chi connectivity index (χ1) is 15.0. The number of halogens is 1. The van der Waals surface area contributed by atoms with Crippen LogP contribution in [0.15, 0.2) is 30.3 Å². The second-order valence-electron chi connectivity index (χ2n) is 8.03. The number of anilines is 1. The fourth-order valence-electron chi connectivity index (χ4n) is 3.75. The fourth-order valence-corrected chi connectivity index (χ4v) is 3.75. The number of phenols is 1. The summed E-state index contributed by atoms with van der Waals surface area (Å²) in [6.45, 7) is 1.95. The lowest BCUT2D eigenvalue weighted by molar-refractivity contribution is 0.0343. The molecule has 0 radical (unpaired) electrons. The summed E-state index contributed by atoms with van der Waals surface area (Å²) in [6, 6.07) is 10.0. The van der Waals surface area contributed by atoms with Crippen LogP contribution >= 0.6 is 0 Å². The molecule has 1 unspecified atom stereocenters. The van der Waals surface area contributed by atoms with E-state index in [1.165, 1.54) is 18.3 Å². The lowest BCUT2D eigenvalue weighted by Gasteiger charge is -2.36. The van der Waals surface area contributed by atoms with E-state index < -0.39 is 17.0 Å². The van der Waals surface area contributed by atoms with Gasteiger partial charge in [0.05, 0.1) is 11.6 Å². The number of benzene rings is 2. The van der Waals surface area contributed by atoms with E-state index >= 15 is 0 Å². The Labute approximate surface area is 180 Å². The summed E-state index contributed by atoms with van der Waals surface area (Å²) in [7, 11) is 0. The van der Waals surface area contributed by atoms with Gasteiger partial charge in [-0.1, -0.05) is 6.07 Å². The van der Waals surface area contributed by atoms with Gasteiger partial charge in [0.2, 0.25) is 0 Å². The van der Waals surface area contributed by atoms with Crippen LogP contribution in [0.1, 0.15) is 24.8 Å². The maximum absolute atomic E-state index is 14.0. The van der Waals surface area contributed by atoms with Crippen LogP contribution in [-0.2, 0) is 4.74 Å². The van der Waals surface area contributed by atoms with Crippen LogP contribution in [0.3, 0.4) is 0 Å². The Morgan fingerprint density at radius 1 is 1.32 bits per heavy atom. The zero-order valence-electron chi connectivity index (χ0n) is 17.1. The van der Waals surface area contributed by atoms with E-state index in [-0.39, 0.29) is 12.8 Å². The van der Waals surface area contributed by atoms with Crippen molar-refractivity contribution in [2.75, 3.05) is 31.6 Å². The highest BCUT2D eigenvalue weighted by Crippen LogP contribution is 2.36. The van der Waals surface area contributed by atoms with E-state index in [0.717, 1.165) is 19.3 Å². The Bertz CT molecular complexity index is 1010. The molecule has 0 spiro atoms. The van der Waals surface area contributed by atoms with Crippen molar-refractivity contribution in [1.82, 2.24) is 5.32 Å². The second-order valence-corrected chi connectivity index (χ2v) is 8.03. The van der Waals surface area contributed by atoms with Gasteiger partial charge < -0.3 is 30.6 Å². The van der Waals surface area contributed by atoms with Crippen molar-refractivity contribution in [3.05, 3.63) is 41.7 Å². The largest absolute Gasteiger partial charge is 0.505 e. The molecule has 2 aromatic rings. The second kappa shape index (κ2) is 8.92. The molecule has 31 heavy (non-hydrogen) atoms. The topological polar surface area (TPSA) is 110 Å². The minimum atomic E-state index is -0.717. The van der Waals surface area contributed by atoms with E-state index in [4.69, 9.17) is 14.9 Å². The molecule has 2 heterocycles. The van der Waals surface area contributed by atoms with Gasteiger partial charge in [-0.3, -0.25) is 0 Å². The number of hydrogen-bond acceptors (Lipinski definition) is 7. The summed E-state index contributed by atoms with van der Waals surface area (Å²) in [5, 5.41) is 33.4. The Kier molecular flexibility index (Phi) is 6.07. The molecule has 0 aromatic heterocycles. The van der Waals surface area contributed by atoms with Crippen LogP contribution < -0.4 is 15.4 Å². The highest BCUT2D eigenvalue weighted by Gasteiger charge is 2.38. The standard InChI is InChI=1S/C23H25FN4O3/c24-18-7-15(4-5-20(18)29)16-8-19(28-22-3-1-2-6-30-22)17(10-25)21(9-16)31-14-23(11-26)12-27-13-23/h4-5,7-10,22,25,27-29H,1-3,6,12-14H2. The average Bonchev–Trinajstić information content (AvgIpc) is 2.76. The van der Waals surface area contributed by atoms with Gasteiger partial charge in [0.1, 0.15) is 24.0 Å². The van der Waals surface area contributed by atoms with Crippen molar-refractivity contribution in [1.29, 1.82) is 10.7 Å². The van der Waals surface area contributed by atoms with Crippen molar-refractivity contribution in [2.45, 2.75) is 25.5 Å². The molecule has 162 valence electrons. The molecule has 2 fully saturated rings. The summed E-state index contributed by atoms with van der Waals surface area (Å²) in [4.78, 5) is 0. The molecule has 0 aliphatic carbocycles. The van der Waals surface area contributed by atoms with Crippen LogP contribution in [0.2, 0.25) is 0 Å². The molecule has 4 N–H and O–H groups in total. The fraction of sp³-hybridized carbons (Fsp3) is 0.391. The maximum atomic E-state index is 14.0. The highest BCUT2D eigenvalue weighted by atomic mass is 19.1. The summed E-state index contributed by atoms with van der Waals surface area (Å²) >= 11 is 0. The first-order valence-electron chi connectivity index (χ1n) is 10.3. The summed E-state index contributed by atoms with van der Waals surface area (Å²) in [5.74, 6) is -0.704. The normalized spacial score (nSPS) is 19.7. The molecule has 0 saturated carbocycles. The number of hydrogen-bond donors (Lipinski definition) is 4. The maximum Gasteiger partial charge on any atom is 0.165 e. The first kappa shape index (κ1) is 21.1. The van der Waals surface area contributed by atoms with E-state index in [9.17, 15) is 14.8 Å². The number of phenolic OH excluding ortho intramolecular Hbond substituents is 1. The van der Waals surface area contributed by atoms with Gasteiger partial charge in [-0.05, 0) is 54.7 Å². The number of aromatic hydroxyl groups is 1. The van der Waals surface area contributed by atoms with Gasteiger partial charge >= 0.3 is 0 Å². The summed E-state index contributed by atoms with van der Waals surface area (Å²) < 4.78 is 25.8. The van der Waals surface area contributed by atoms with Gasteiger partial charge in [0, 0.05) is 31.6 Å². The Balaban J connectivity index is 1.71. The zero-order valence-corrected chi connectivity index (χ0v) is 17.1. The molecule has 8 heteroatoms. The van der Waals surface area contributed by atoms with Crippen LogP contribution in [0.5, 0.6) is 11.5 Å². The molecule has 1 atom stereocenters. The number of ether oxygens (including phenoxy) is 2. The average molecular weight is 424 g/mol. The predicted molar refractivity (Wildman–Crippen MR) is 115 cm³/mol. The van der Waals surface area contributed by atoms with E-state index in [0.29, 0.717) is 47.8 Å². The molecule has 2 aromatic carbocycles. The van der Waals surface area contributed by atoms with Crippen molar-refractivity contribution < 1.29 is 19.0 Å². The monoisotopic (exact) mass is 424 g/mol. The van der Waals surface area contributed by atoms with Gasteiger partial charge in [-0.25, -0.2) is 4.39 Å². The molecule has 0 bridgehead atoms. The Morgan fingerprint density at radius 3 is 2.77 bits per heavy atom. The molecule has 4 rings (SSSR count). The quantitative estimate of drug-likeness (QED) is 0.505. The van der Waals surface area contributed by atoms with Crippen LogP contribution in [0, 0.1) is 28.0 Å². The highest BCUT2D eigenvalue weighted by molar-refractivity contribution is 5.92. The van der Waals surface area contributed by atoms with E-state index in [2.05, 4.69) is 16.7 Å². The third-order valence-electron chi connectivity index (χ3n) is 5.73. The number of nitriles is 1. The van der Waals surface area contributed by atoms with Gasteiger partial charge in [-0.15, -0.1) is 0 Å². The molecule has 2 saturated heterocycles. The van der Waals surface area contributed by atoms with Crippen molar-refractivity contribution in [3.8, 4) is 28.7 Å². The third kappa shape index (κ3) is 4.48. The van der Waals surface area contributed by atoms with Gasteiger partial charge in [0.25, 0.3) is 0 Å². The van der Waals surface area contributed by atoms with E-state index in [1.54, 1.807) is 12.1 Å². The molecular weight excluding hydrogens is 399 g/mol. The number of nitrogens with one attached hydrogen (secondary N) is 3. The number of rotatable bonds is 7. The molecule has 7 nitrogen and oxygen atoms in total. The Hall–Kier alpha value is -3.15.